The van der Waals surface area contributed by atoms with Gasteiger partial charge >= 0.3 is 0 Å². The van der Waals surface area contributed by atoms with Gasteiger partial charge in [0.1, 0.15) is 0 Å². The molecule has 2 atom stereocenters. The highest BCUT2D eigenvalue weighted by molar-refractivity contribution is 5.12. The first-order valence-electron chi connectivity index (χ1n) is 5.30. The predicted molar refractivity (Wildman–Crippen MR) is 55.1 cm³/mol. The Balaban J connectivity index is 2.11. The lowest BCUT2D eigenvalue weighted by Crippen LogP contribution is -2.59. The molecule has 2 fully saturated rings. The molecule has 14 heavy (non-hydrogen) atoms. The van der Waals surface area contributed by atoms with Crippen LogP contribution in [-0.4, -0.2) is 36.0 Å². The molecule has 0 amide bonds. The minimum Gasteiger partial charge on any atom is -0.386 e. The van der Waals surface area contributed by atoms with Crippen molar-refractivity contribution in [3.63, 3.8) is 0 Å². The van der Waals surface area contributed by atoms with Gasteiger partial charge in [0.05, 0.1) is 18.8 Å². The summed E-state index contributed by atoms with van der Waals surface area (Å²) >= 11 is 0. The number of fused-ring (bicyclic) bond motifs is 2. The summed E-state index contributed by atoms with van der Waals surface area (Å²) in [5.41, 5.74) is 0.580. The van der Waals surface area contributed by atoms with E-state index >= 15 is 0 Å². The van der Waals surface area contributed by atoms with E-state index in [9.17, 15) is 5.11 Å². The average molecular weight is 197 g/mol. The van der Waals surface area contributed by atoms with E-state index < -0.39 is 5.60 Å². The number of morpholine rings is 1. The zero-order chi connectivity index (χ0) is 10.2. The topological polar surface area (TPSA) is 41.5 Å². The largest absolute Gasteiger partial charge is 0.386 e. The Morgan fingerprint density at radius 1 is 1.36 bits per heavy atom. The molecular formula is C11H19NO2. The Morgan fingerprint density at radius 3 is 2.43 bits per heavy atom. The Bertz CT molecular complexity index is 234. The van der Waals surface area contributed by atoms with Crippen LogP contribution in [0.25, 0.3) is 0 Å². The van der Waals surface area contributed by atoms with Crippen molar-refractivity contribution in [2.45, 2.75) is 44.4 Å². The maximum Gasteiger partial charge on any atom is 0.0861 e. The summed E-state index contributed by atoms with van der Waals surface area (Å²) in [5, 5.41) is 13.8. The monoisotopic (exact) mass is 197 g/mol. The summed E-state index contributed by atoms with van der Waals surface area (Å²) in [6.07, 6.45) is 3.54. The lowest BCUT2D eigenvalue weighted by Gasteiger charge is -2.43. The molecule has 0 aromatic heterocycles. The maximum atomic E-state index is 10.4. The van der Waals surface area contributed by atoms with E-state index in [1.54, 1.807) is 0 Å². The molecule has 0 aliphatic carbocycles. The highest BCUT2D eigenvalue weighted by Gasteiger charge is 2.39. The van der Waals surface area contributed by atoms with E-state index in [0.717, 1.165) is 26.1 Å². The number of aliphatic hydroxyl groups is 1. The number of allylic oxidation sites excluding steroid dienone is 1. The number of hydrogen-bond donors (Lipinski definition) is 2. The van der Waals surface area contributed by atoms with Gasteiger partial charge in [-0.1, -0.05) is 11.6 Å². The van der Waals surface area contributed by atoms with Crippen molar-refractivity contribution in [3.8, 4) is 0 Å². The van der Waals surface area contributed by atoms with Crippen LogP contribution in [0.15, 0.2) is 11.6 Å². The van der Waals surface area contributed by atoms with Gasteiger partial charge in [-0.25, -0.2) is 0 Å². The molecule has 2 aliphatic rings. The molecule has 3 nitrogen and oxygen atoms in total. The molecule has 3 heteroatoms. The van der Waals surface area contributed by atoms with Crippen molar-refractivity contribution in [2.75, 3.05) is 13.2 Å². The number of rotatable bonds is 1. The van der Waals surface area contributed by atoms with Gasteiger partial charge in [-0.05, 0) is 26.7 Å². The Labute approximate surface area is 85.1 Å². The van der Waals surface area contributed by atoms with Crippen LogP contribution in [0.1, 0.15) is 26.7 Å². The summed E-state index contributed by atoms with van der Waals surface area (Å²) in [6, 6.07) is 0.645. The summed E-state index contributed by atoms with van der Waals surface area (Å²) < 4.78 is 5.44. The summed E-state index contributed by atoms with van der Waals surface area (Å²) in [7, 11) is 0. The highest BCUT2D eigenvalue weighted by atomic mass is 16.5. The molecule has 2 unspecified atom stereocenters. The number of nitrogens with one attached hydrogen (secondary N) is 1. The zero-order valence-electron chi connectivity index (χ0n) is 8.92. The summed E-state index contributed by atoms with van der Waals surface area (Å²) in [6.45, 7) is 5.53. The van der Waals surface area contributed by atoms with Crippen molar-refractivity contribution < 1.29 is 9.84 Å². The highest BCUT2D eigenvalue weighted by Crippen LogP contribution is 2.29. The third kappa shape index (κ3) is 2.16. The molecule has 80 valence electrons. The molecule has 0 saturated carbocycles. The van der Waals surface area contributed by atoms with E-state index in [-0.39, 0.29) is 0 Å². The molecule has 0 radical (unpaired) electrons. The molecular weight excluding hydrogens is 178 g/mol. The number of ether oxygens (including phenoxy) is 1. The van der Waals surface area contributed by atoms with E-state index in [1.807, 2.05) is 19.9 Å². The van der Waals surface area contributed by atoms with Crippen LogP contribution >= 0.6 is 0 Å². The predicted octanol–water partition coefficient (Wildman–Crippen LogP) is 0.835. The van der Waals surface area contributed by atoms with Gasteiger partial charge < -0.3 is 15.2 Å². The normalized spacial score (nSPS) is 41.9. The molecule has 2 heterocycles. The average Bonchev–Trinajstić information content (AvgIpc) is 1.99. The fourth-order valence-corrected chi connectivity index (χ4v) is 2.61. The summed E-state index contributed by atoms with van der Waals surface area (Å²) in [5.74, 6) is 0. The van der Waals surface area contributed by atoms with Crippen LogP contribution in [0.2, 0.25) is 0 Å². The van der Waals surface area contributed by atoms with Crippen LogP contribution in [-0.2, 0) is 4.74 Å². The fraction of sp³-hybridized carbons (Fsp3) is 0.818. The molecule has 2 saturated heterocycles. The second kappa shape index (κ2) is 3.65. The minimum absolute atomic E-state index is 0.322. The Morgan fingerprint density at radius 2 is 1.93 bits per heavy atom. The standard InChI is InChI=1S/C11H19NO2/c1-8(2)3-11(13)4-9-6-14-7-10(5-11)12-9/h3,9-10,12-13H,4-7H2,1-2H3. The first-order chi connectivity index (χ1) is 6.57. The lowest BCUT2D eigenvalue weighted by atomic mass is 9.82. The van der Waals surface area contributed by atoms with Crippen molar-refractivity contribution in [1.82, 2.24) is 5.32 Å². The second-order valence-corrected chi connectivity index (χ2v) is 4.83. The smallest absolute Gasteiger partial charge is 0.0861 e. The molecule has 0 aromatic carbocycles. The van der Waals surface area contributed by atoms with E-state index in [4.69, 9.17) is 4.74 Å². The van der Waals surface area contributed by atoms with Crippen LogP contribution in [0.4, 0.5) is 0 Å². The van der Waals surface area contributed by atoms with Gasteiger partial charge in [-0.2, -0.15) is 0 Å². The van der Waals surface area contributed by atoms with Crippen molar-refractivity contribution in [2.24, 2.45) is 0 Å². The summed E-state index contributed by atoms with van der Waals surface area (Å²) in [4.78, 5) is 0. The first-order valence-corrected chi connectivity index (χ1v) is 5.30. The van der Waals surface area contributed by atoms with Crippen LogP contribution in [0.5, 0.6) is 0 Å². The maximum absolute atomic E-state index is 10.4. The van der Waals surface area contributed by atoms with Crippen molar-refractivity contribution in [1.29, 1.82) is 0 Å². The van der Waals surface area contributed by atoms with Gasteiger partial charge in [0.2, 0.25) is 0 Å². The second-order valence-electron chi connectivity index (χ2n) is 4.83. The van der Waals surface area contributed by atoms with Gasteiger partial charge in [0.15, 0.2) is 0 Å². The van der Waals surface area contributed by atoms with E-state index in [1.165, 1.54) is 5.57 Å². The molecule has 0 aromatic rings. The van der Waals surface area contributed by atoms with Crippen LogP contribution in [0, 0.1) is 0 Å². The minimum atomic E-state index is -0.608. The molecule has 2 rings (SSSR count). The van der Waals surface area contributed by atoms with Crippen LogP contribution < -0.4 is 5.32 Å². The molecule has 2 aliphatic heterocycles. The quantitative estimate of drug-likeness (QED) is 0.612. The zero-order valence-corrected chi connectivity index (χ0v) is 8.92. The SMILES string of the molecule is CC(C)=CC1(O)CC2COCC(C1)N2. The van der Waals surface area contributed by atoms with Crippen molar-refractivity contribution in [3.05, 3.63) is 11.6 Å². The lowest BCUT2D eigenvalue weighted by molar-refractivity contribution is -0.0518. The van der Waals surface area contributed by atoms with Gasteiger partial charge in [0.25, 0.3) is 0 Å². The molecule has 0 spiro atoms. The molecule has 2 N–H and O–H groups in total. The van der Waals surface area contributed by atoms with Crippen LogP contribution in [0.3, 0.4) is 0 Å². The van der Waals surface area contributed by atoms with E-state index in [0.29, 0.717) is 12.1 Å². The Hall–Kier alpha value is -0.380. The molecule has 2 bridgehead atoms. The first kappa shape index (κ1) is 10.1. The van der Waals surface area contributed by atoms with Crippen molar-refractivity contribution >= 4 is 0 Å². The van der Waals surface area contributed by atoms with Gasteiger partial charge in [0, 0.05) is 12.1 Å². The fourth-order valence-electron chi connectivity index (χ4n) is 2.61. The third-order valence-corrected chi connectivity index (χ3v) is 2.87. The number of piperidine rings is 1. The van der Waals surface area contributed by atoms with Gasteiger partial charge in [-0.3, -0.25) is 0 Å². The van der Waals surface area contributed by atoms with Gasteiger partial charge in [-0.15, -0.1) is 0 Å². The van der Waals surface area contributed by atoms with E-state index in [2.05, 4.69) is 5.32 Å². The Kier molecular flexibility index (Phi) is 2.64. The third-order valence-electron chi connectivity index (χ3n) is 2.87. The number of hydrogen-bond acceptors (Lipinski definition) is 3.